The van der Waals surface area contributed by atoms with Gasteiger partial charge in [-0.25, -0.2) is 0 Å². The highest BCUT2D eigenvalue weighted by Crippen LogP contribution is 2.56. The van der Waals surface area contributed by atoms with Crippen molar-refractivity contribution in [2.75, 3.05) is 4.90 Å². The summed E-state index contributed by atoms with van der Waals surface area (Å²) in [7, 11) is 0. The Morgan fingerprint density at radius 1 is 0.458 bits per heavy atom. The van der Waals surface area contributed by atoms with E-state index in [1.807, 2.05) is 11.3 Å². The molecule has 0 bridgehead atoms. The summed E-state index contributed by atoms with van der Waals surface area (Å²) in [6.45, 7) is 9.46. The fourth-order valence-corrected chi connectivity index (χ4v) is 9.99. The highest BCUT2D eigenvalue weighted by molar-refractivity contribution is 7.26. The maximum Gasteiger partial charge on any atom is 0.0543 e. The Kier molecular flexibility index (Phi) is 5.63. The van der Waals surface area contributed by atoms with Gasteiger partial charge in [-0.3, -0.25) is 0 Å². The molecule has 1 heterocycles. The highest BCUT2D eigenvalue weighted by Gasteiger charge is 2.39. The first kappa shape index (κ1) is 27.9. The van der Waals surface area contributed by atoms with Crippen LogP contribution >= 0.6 is 11.3 Å². The Balaban J connectivity index is 1.28. The lowest BCUT2D eigenvalue weighted by Gasteiger charge is -2.30. The van der Waals surface area contributed by atoms with Crippen LogP contribution in [0.5, 0.6) is 0 Å². The molecule has 230 valence electrons. The molecule has 1 nitrogen and oxygen atoms in total. The SMILES string of the molecule is CC1(C)c2ccccc2-c2cc(N(c3ccc4ccc5sc6ccccc6c5c4c3)c3cccc4c3-c3ccccc3C4(C)C)ccc21. The molecule has 0 saturated carbocycles. The van der Waals surface area contributed by atoms with Gasteiger partial charge in [-0.2, -0.15) is 0 Å². The van der Waals surface area contributed by atoms with Crippen LogP contribution in [0.25, 0.3) is 53.2 Å². The molecule has 2 aliphatic carbocycles. The highest BCUT2D eigenvalue weighted by atomic mass is 32.1. The Bertz CT molecular complexity index is 2630. The zero-order valence-electron chi connectivity index (χ0n) is 27.6. The van der Waals surface area contributed by atoms with Crippen molar-refractivity contribution >= 4 is 59.3 Å². The zero-order valence-corrected chi connectivity index (χ0v) is 28.5. The molecule has 2 aliphatic rings. The largest absolute Gasteiger partial charge is 0.310 e. The molecule has 10 rings (SSSR count). The second kappa shape index (κ2) is 9.69. The van der Waals surface area contributed by atoms with Crippen LogP contribution in [-0.2, 0) is 10.8 Å². The van der Waals surface area contributed by atoms with E-state index < -0.39 is 0 Å². The van der Waals surface area contributed by atoms with Crippen LogP contribution in [-0.4, -0.2) is 0 Å². The van der Waals surface area contributed by atoms with E-state index in [-0.39, 0.29) is 10.8 Å². The summed E-state index contributed by atoms with van der Waals surface area (Å²) in [4.78, 5) is 2.53. The molecular weight excluding hydrogens is 599 g/mol. The van der Waals surface area contributed by atoms with Crippen molar-refractivity contribution in [3.05, 3.63) is 162 Å². The van der Waals surface area contributed by atoms with Gasteiger partial charge in [0.1, 0.15) is 0 Å². The van der Waals surface area contributed by atoms with E-state index in [4.69, 9.17) is 0 Å². The van der Waals surface area contributed by atoms with Gasteiger partial charge in [0, 0.05) is 47.9 Å². The van der Waals surface area contributed by atoms with E-state index in [0.29, 0.717) is 0 Å². The molecule has 0 radical (unpaired) electrons. The van der Waals surface area contributed by atoms with Crippen molar-refractivity contribution in [1.29, 1.82) is 0 Å². The molecule has 0 unspecified atom stereocenters. The van der Waals surface area contributed by atoms with E-state index in [0.717, 1.165) is 0 Å². The fraction of sp³-hybridized carbons (Fsp3) is 0.130. The number of hydrogen-bond acceptors (Lipinski definition) is 2. The van der Waals surface area contributed by atoms with E-state index in [1.165, 1.54) is 92.5 Å². The normalized spacial score (nSPS) is 15.0. The summed E-state index contributed by atoms with van der Waals surface area (Å²) in [6, 6.07) is 52.5. The van der Waals surface area contributed by atoms with Gasteiger partial charge in [-0.1, -0.05) is 125 Å². The molecule has 0 saturated heterocycles. The third-order valence-corrected chi connectivity index (χ3v) is 12.4. The number of thiophene rings is 1. The van der Waals surface area contributed by atoms with E-state index >= 15 is 0 Å². The summed E-state index contributed by atoms with van der Waals surface area (Å²) < 4.78 is 2.67. The molecule has 0 N–H and O–H groups in total. The summed E-state index contributed by atoms with van der Waals surface area (Å²) in [6.07, 6.45) is 0. The first-order valence-electron chi connectivity index (χ1n) is 16.9. The lowest BCUT2D eigenvalue weighted by Crippen LogP contribution is -2.16. The second-order valence-electron chi connectivity index (χ2n) is 14.5. The van der Waals surface area contributed by atoms with Crippen LogP contribution in [0, 0.1) is 0 Å². The standard InChI is InChI=1S/C46H35NS/c1-45(2)36-15-8-5-12-31(36)35-27-30(23-24-38(35)45)47(40-18-11-17-39-44(40)32-13-6-9-16-37(32)46(39,3)4)29-22-20-28-21-25-42-43(34(28)26-29)33-14-7-10-19-41(33)48-42/h5-27H,1-4H3. The molecule has 0 spiro atoms. The van der Waals surface area contributed by atoms with Crippen LogP contribution in [0.2, 0.25) is 0 Å². The first-order valence-corrected chi connectivity index (χ1v) is 17.8. The number of anilines is 3. The van der Waals surface area contributed by atoms with Crippen LogP contribution in [0.1, 0.15) is 49.9 Å². The molecule has 48 heavy (non-hydrogen) atoms. The van der Waals surface area contributed by atoms with Gasteiger partial charge >= 0.3 is 0 Å². The van der Waals surface area contributed by atoms with Crippen molar-refractivity contribution in [2.24, 2.45) is 0 Å². The Morgan fingerprint density at radius 3 is 1.94 bits per heavy atom. The van der Waals surface area contributed by atoms with Crippen molar-refractivity contribution in [3.8, 4) is 22.3 Å². The van der Waals surface area contributed by atoms with Gasteiger partial charge in [0.05, 0.1) is 5.69 Å². The number of benzene rings is 7. The summed E-state index contributed by atoms with van der Waals surface area (Å²) >= 11 is 1.88. The third-order valence-electron chi connectivity index (χ3n) is 11.3. The Hall–Kier alpha value is -5.18. The maximum absolute atomic E-state index is 2.53. The van der Waals surface area contributed by atoms with Crippen molar-refractivity contribution in [1.82, 2.24) is 0 Å². The van der Waals surface area contributed by atoms with Crippen molar-refractivity contribution in [3.63, 3.8) is 0 Å². The predicted molar refractivity (Wildman–Crippen MR) is 207 cm³/mol. The molecule has 2 heteroatoms. The maximum atomic E-state index is 2.53. The number of fused-ring (bicyclic) bond motifs is 11. The van der Waals surface area contributed by atoms with Gasteiger partial charge in [0.2, 0.25) is 0 Å². The number of hydrogen-bond donors (Lipinski definition) is 0. The summed E-state index contributed by atoms with van der Waals surface area (Å²) in [5.74, 6) is 0. The number of rotatable bonds is 3. The lowest BCUT2D eigenvalue weighted by molar-refractivity contribution is 0.660. The monoisotopic (exact) mass is 633 g/mol. The Morgan fingerprint density at radius 2 is 1.08 bits per heavy atom. The molecule has 8 aromatic rings. The lowest BCUT2D eigenvalue weighted by atomic mass is 9.82. The zero-order chi connectivity index (χ0) is 32.4. The number of nitrogens with zero attached hydrogens (tertiary/aromatic N) is 1. The van der Waals surface area contributed by atoms with E-state index in [2.05, 4.69) is 172 Å². The van der Waals surface area contributed by atoms with Gasteiger partial charge in [-0.05, 0) is 92.2 Å². The summed E-state index contributed by atoms with van der Waals surface area (Å²) in [5, 5.41) is 5.25. The van der Waals surface area contributed by atoms with E-state index in [1.54, 1.807) is 0 Å². The quantitative estimate of drug-likeness (QED) is 0.187. The molecule has 0 amide bonds. The predicted octanol–water partition coefficient (Wildman–Crippen LogP) is 13.3. The smallest absolute Gasteiger partial charge is 0.0543 e. The van der Waals surface area contributed by atoms with Gasteiger partial charge < -0.3 is 4.90 Å². The van der Waals surface area contributed by atoms with Crippen LogP contribution in [0.3, 0.4) is 0 Å². The molecule has 7 aromatic carbocycles. The minimum Gasteiger partial charge on any atom is -0.310 e. The third kappa shape index (κ3) is 3.67. The van der Waals surface area contributed by atoms with Gasteiger partial charge in [-0.15, -0.1) is 11.3 Å². The minimum atomic E-state index is -0.0837. The van der Waals surface area contributed by atoms with E-state index in [9.17, 15) is 0 Å². The topological polar surface area (TPSA) is 3.24 Å². The molecule has 0 fully saturated rings. The average molecular weight is 634 g/mol. The molecule has 0 aliphatic heterocycles. The molecular formula is C46H35NS. The molecule has 1 aromatic heterocycles. The van der Waals surface area contributed by atoms with Gasteiger partial charge in [0.25, 0.3) is 0 Å². The van der Waals surface area contributed by atoms with Crippen molar-refractivity contribution in [2.45, 2.75) is 38.5 Å². The fourth-order valence-electron chi connectivity index (χ4n) is 8.87. The summed E-state index contributed by atoms with van der Waals surface area (Å²) in [5.41, 5.74) is 14.3. The molecule has 0 atom stereocenters. The van der Waals surface area contributed by atoms with Crippen LogP contribution in [0.15, 0.2) is 140 Å². The Labute approximate surface area is 285 Å². The second-order valence-corrected chi connectivity index (χ2v) is 15.6. The van der Waals surface area contributed by atoms with Crippen LogP contribution in [0.4, 0.5) is 17.1 Å². The minimum absolute atomic E-state index is 0.0409. The average Bonchev–Trinajstić information content (AvgIpc) is 3.69. The van der Waals surface area contributed by atoms with Crippen LogP contribution < -0.4 is 4.90 Å². The van der Waals surface area contributed by atoms with Crippen molar-refractivity contribution < 1.29 is 0 Å². The first-order chi connectivity index (χ1) is 23.3. The van der Waals surface area contributed by atoms with Gasteiger partial charge in [0.15, 0.2) is 0 Å².